The summed E-state index contributed by atoms with van der Waals surface area (Å²) in [5.74, 6) is 5.64. The van der Waals surface area contributed by atoms with Crippen molar-refractivity contribution in [3.05, 3.63) is 59.7 Å². The van der Waals surface area contributed by atoms with E-state index in [0.29, 0.717) is 11.3 Å². The minimum atomic E-state index is -3.76. The van der Waals surface area contributed by atoms with Gasteiger partial charge in [0, 0.05) is 6.54 Å². The second kappa shape index (κ2) is 11.7. The molecule has 1 saturated heterocycles. The number of ether oxygens (including phenoxy) is 1. The van der Waals surface area contributed by atoms with Crippen LogP contribution in [0.25, 0.3) is 0 Å². The van der Waals surface area contributed by atoms with Crippen LogP contribution in [0, 0.1) is 11.8 Å². The maximum absolute atomic E-state index is 13.1. The quantitative estimate of drug-likeness (QED) is 0.541. The molecule has 0 saturated carbocycles. The highest BCUT2D eigenvalue weighted by Crippen LogP contribution is 2.24. The van der Waals surface area contributed by atoms with Gasteiger partial charge in [-0.05, 0) is 68.2 Å². The molecule has 7 nitrogen and oxygen atoms in total. The van der Waals surface area contributed by atoms with Crippen LogP contribution in [0.4, 0.5) is 4.79 Å². The Bertz CT molecular complexity index is 1100. The number of amides is 1. The average Bonchev–Trinajstić information content (AvgIpc) is 2.80. The summed E-state index contributed by atoms with van der Waals surface area (Å²) < 4.78 is 31.6. The molecule has 1 amide bonds. The predicted octanol–water partition coefficient (Wildman–Crippen LogP) is 3.86. The number of benzene rings is 2. The molecule has 2 aromatic carbocycles. The smallest absolute Gasteiger partial charge is 0.405 e. The number of carboxylic acid groups (broad SMARTS) is 1. The summed E-state index contributed by atoms with van der Waals surface area (Å²) in [5.41, 5.74) is 1.68. The molecule has 3 rings (SSSR count). The number of carbonyl (C=O) groups is 1. The molecule has 0 aromatic heterocycles. The molecule has 0 radical (unpaired) electrons. The van der Waals surface area contributed by atoms with E-state index in [4.69, 9.17) is 4.74 Å². The Kier molecular flexibility index (Phi) is 8.75. The Balaban J connectivity index is 1.76. The number of rotatable bonds is 9. The van der Waals surface area contributed by atoms with Gasteiger partial charge in [0.1, 0.15) is 12.4 Å². The molecule has 0 bridgehead atoms. The van der Waals surface area contributed by atoms with Gasteiger partial charge in [0.2, 0.25) is 0 Å². The molecule has 1 aliphatic rings. The lowest BCUT2D eigenvalue weighted by molar-refractivity contribution is 0.191. The standard InChI is InChI=1S/C25H30N2O5S/c1-2-3-16-32-22-10-12-23(13-11-22)33(30,31)19-24(26-25(28)29)21-9-7-8-20(17-21)18-27-14-5-4-6-15-27/h7-13,17,24,26H,4-6,14-16,18-19H2,1H3,(H,28,29). The maximum Gasteiger partial charge on any atom is 0.405 e. The van der Waals surface area contributed by atoms with Crippen LogP contribution in [0.15, 0.2) is 53.4 Å². The van der Waals surface area contributed by atoms with E-state index in [1.165, 1.54) is 31.4 Å². The van der Waals surface area contributed by atoms with Gasteiger partial charge in [-0.15, -0.1) is 5.92 Å². The minimum absolute atomic E-state index is 0.109. The van der Waals surface area contributed by atoms with Gasteiger partial charge in [-0.2, -0.15) is 0 Å². The fourth-order valence-corrected chi connectivity index (χ4v) is 5.36. The zero-order valence-electron chi connectivity index (χ0n) is 18.8. The summed E-state index contributed by atoms with van der Waals surface area (Å²) in [4.78, 5) is 13.9. The van der Waals surface area contributed by atoms with Gasteiger partial charge < -0.3 is 15.2 Å². The van der Waals surface area contributed by atoms with Crippen LogP contribution in [0.2, 0.25) is 0 Å². The first-order valence-corrected chi connectivity index (χ1v) is 12.7. The van der Waals surface area contributed by atoms with Crippen molar-refractivity contribution >= 4 is 15.9 Å². The van der Waals surface area contributed by atoms with Crippen molar-refractivity contribution in [1.82, 2.24) is 10.2 Å². The van der Waals surface area contributed by atoms with E-state index in [9.17, 15) is 18.3 Å². The highest BCUT2D eigenvalue weighted by Gasteiger charge is 2.25. The third-order valence-electron chi connectivity index (χ3n) is 5.56. The van der Waals surface area contributed by atoms with Crippen LogP contribution < -0.4 is 10.1 Å². The molecule has 2 N–H and O–H groups in total. The van der Waals surface area contributed by atoms with Gasteiger partial charge in [0.25, 0.3) is 0 Å². The van der Waals surface area contributed by atoms with Crippen LogP contribution in [0.1, 0.15) is 43.4 Å². The van der Waals surface area contributed by atoms with Crippen molar-refractivity contribution in [3.63, 3.8) is 0 Å². The Morgan fingerprint density at radius 1 is 1.15 bits per heavy atom. The van der Waals surface area contributed by atoms with Crippen LogP contribution in [0.5, 0.6) is 5.75 Å². The van der Waals surface area contributed by atoms with Crippen LogP contribution in [-0.4, -0.2) is 50.0 Å². The zero-order chi connectivity index (χ0) is 23.7. The molecular formula is C25H30N2O5S. The van der Waals surface area contributed by atoms with Gasteiger partial charge >= 0.3 is 6.09 Å². The first-order valence-electron chi connectivity index (χ1n) is 11.0. The molecule has 1 heterocycles. The highest BCUT2D eigenvalue weighted by atomic mass is 32.2. The van der Waals surface area contributed by atoms with E-state index in [0.717, 1.165) is 25.2 Å². The molecule has 1 unspecified atom stereocenters. The maximum atomic E-state index is 13.1. The molecule has 1 aliphatic heterocycles. The second-order valence-electron chi connectivity index (χ2n) is 8.05. The summed E-state index contributed by atoms with van der Waals surface area (Å²) in [6.07, 6.45) is 2.34. The van der Waals surface area contributed by atoms with Gasteiger partial charge in [-0.3, -0.25) is 4.90 Å². The molecule has 2 aromatic rings. The van der Waals surface area contributed by atoms with Crippen molar-refractivity contribution in [2.24, 2.45) is 0 Å². The summed E-state index contributed by atoms with van der Waals surface area (Å²) >= 11 is 0. The fourth-order valence-electron chi connectivity index (χ4n) is 3.90. The summed E-state index contributed by atoms with van der Waals surface area (Å²) in [6.45, 7) is 4.79. The van der Waals surface area contributed by atoms with Gasteiger partial charge in [-0.1, -0.05) is 36.6 Å². The van der Waals surface area contributed by atoms with Crippen LogP contribution in [-0.2, 0) is 16.4 Å². The zero-order valence-corrected chi connectivity index (χ0v) is 19.6. The van der Waals surface area contributed by atoms with Crippen molar-refractivity contribution < 1.29 is 23.1 Å². The van der Waals surface area contributed by atoms with Gasteiger partial charge in [-0.25, -0.2) is 13.2 Å². The van der Waals surface area contributed by atoms with Crippen molar-refractivity contribution in [3.8, 4) is 17.6 Å². The first-order chi connectivity index (χ1) is 15.9. The largest absolute Gasteiger partial charge is 0.481 e. The third kappa shape index (κ3) is 7.52. The van der Waals surface area contributed by atoms with E-state index in [2.05, 4.69) is 22.1 Å². The lowest BCUT2D eigenvalue weighted by atomic mass is 10.0. The Morgan fingerprint density at radius 2 is 1.88 bits per heavy atom. The number of piperidine rings is 1. The number of hydrogen-bond acceptors (Lipinski definition) is 5. The second-order valence-corrected chi connectivity index (χ2v) is 10.1. The van der Waals surface area contributed by atoms with E-state index in [-0.39, 0.29) is 17.3 Å². The highest BCUT2D eigenvalue weighted by molar-refractivity contribution is 7.91. The molecule has 1 fully saturated rings. The third-order valence-corrected chi connectivity index (χ3v) is 7.33. The molecule has 8 heteroatoms. The predicted molar refractivity (Wildman–Crippen MR) is 127 cm³/mol. The molecule has 0 spiro atoms. The van der Waals surface area contributed by atoms with Crippen molar-refractivity contribution in [2.45, 2.75) is 43.7 Å². The Morgan fingerprint density at radius 3 is 2.55 bits per heavy atom. The molecule has 33 heavy (non-hydrogen) atoms. The number of likely N-dealkylation sites (tertiary alicyclic amines) is 1. The van der Waals surface area contributed by atoms with E-state index >= 15 is 0 Å². The van der Waals surface area contributed by atoms with E-state index < -0.39 is 22.0 Å². The number of sulfone groups is 1. The normalized spacial score (nSPS) is 15.2. The summed E-state index contributed by atoms with van der Waals surface area (Å²) in [7, 11) is -3.76. The van der Waals surface area contributed by atoms with Gasteiger partial charge in [0.05, 0.1) is 16.7 Å². The lowest BCUT2D eigenvalue weighted by Gasteiger charge is -2.27. The SMILES string of the molecule is CC#CCOc1ccc(S(=O)(=O)CC(NC(=O)O)c2cccc(CN3CCCCC3)c2)cc1. The van der Waals surface area contributed by atoms with Crippen LogP contribution in [0.3, 0.4) is 0 Å². The summed E-state index contributed by atoms with van der Waals surface area (Å²) in [5, 5.41) is 11.7. The van der Waals surface area contributed by atoms with Gasteiger partial charge in [0.15, 0.2) is 9.84 Å². The first kappa shape index (κ1) is 24.6. The Hall–Kier alpha value is -3.02. The number of hydrogen-bond donors (Lipinski definition) is 2. The average molecular weight is 471 g/mol. The fraction of sp³-hybridized carbons (Fsp3) is 0.400. The van der Waals surface area contributed by atoms with Crippen molar-refractivity contribution in [1.29, 1.82) is 0 Å². The number of nitrogens with zero attached hydrogens (tertiary/aromatic N) is 1. The Labute approximate surface area is 195 Å². The lowest BCUT2D eigenvalue weighted by Crippen LogP contribution is -2.32. The molecular weight excluding hydrogens is 440 g/mol. The minimum Gasteiger partial charge on any atom is -0.481 e. The molecule has 0 aliphatic carbocycles. The van der Waals surface area contributed by atoms with Crippen molar-refractivity contribution in [2.75, 3.05) is 25.4 Å². The number of nitrogens with one attached hydrogen (secondary N) is 1. The topological polar surface area (TPSA) is 95.9 Å². The monoisotopic (exact) mass is 470 g/mol. The van der Waals surface area contributed by atoms with E-state index in [1.807, 2.05) is 18.2 Å². The van der Waals surface area contributed by atoms with E-state index in [1.54, 1.807) is 25.1 Å². The summed E-state index contributed by atoms with van der Waals surface area (Å²) in [6, 6.07) is 12.7. The molecule has 176 valence electrons. The molecule has 1 atom stereocenters. The van der Waals surface area contributed by atoms with Crippen LogP contribution >= 0.6 is 0 Å².